The van der Waals surface area contributed by atoms with E-state index in [1.807, 2.05) is 65.7 Å². The molecule has 0 aromatic heterocycles. The van der Waals surface area contributed by atoms with Gasteiger partial charge in [0.05, 0.1) is 18.0 Å². The molecule has 1 fully saturated rings. The van der Waals surface area contributed by atoms with E-state index in [2.05, 4.69) is 10.4 Å². The number of piperidine rings is 1. The molecule has 0 aliphatic carbocycles. The maximum Gasteiger partial charge on any atom is 0.267 e. The molecule has 0 spiro atoms. The first kappa shape index (κ1) is 20.6. The van der Waals surface area contributed by atoms with Crippen molar-refractivity contribution in [1.82, 2.24) is 9.62 Å². The summed E-state index contributed by atoms with van der Waals surface area (Å²) in [5, 5.41) is 9.56. The summed E-state index contributed by atoms with van der Waals surface area (Å²) in [7, 11) is -3.26. The molecule has 2 heterocycles. The van der Waals surface area contributed by atoms with E-state index in [4.69, 9.17) is 0 Å². The number of sulfonamides is 1. The van der Waals surface area contributed by atoms with E-state index in [0.717, 1.165) is 24.1 Å². The van der Waals surface area contributed by atoms with E-state index >= 15 is 0 Å². The van der Waals surface area contributed by atoms with Gasteiger partial charge in [-0.1, -0.05) is 48.5 Å². The SMILES string of the molecule is CS(=O)(=O)N1CCCC(NC(=O)C2=NN(c3ccccc3)C(c3ccccc3)C2)C1. The second-order valence-electron chi connectivity index (χ2n) is 7.79. The Kier molecular flexibility index (Phi) is 5.87. The van der Waals surface area contributed by atoms with Gasteiger partial charge in [-0.05, 0) is 30.5 Å². The third-order valence-corrected chi connectivity index (χ3v) is 6.84. The van der Waals surface area contributed by atoms with Crippen LogP contribution in [0.5, 0.6) is 0 Å². The number of benzene rings is 2. The molecule has 1 amide bonds. The summed E-state index contributed by atoms with van der Waals surface area (Å²) in [5.41, 5.74) is 2.48. The average Bonchev–Trinajstić information content (AvgIpc) is 3.20. The average molecular weight is 427 g/mol. The van der Waals surface area contributed by atoms with Gasteiger partial charge in [0.15, 0.2) is 0 Å². The molecule has 2 aliphatic heterocycles. The van der Waals surface area contributed by atoms with Gasteiger partial charge in [-0.3, -0.25) is 9.80 Å². The van der Waals surface area contributed by atoms with E-state index < -0.39 is 10.0 Å². The van der Waals surface area contributed by atoms with Crippen LogP contribution < -0.4 is 10.3 Å². The van der Waals surface area contributed by atoms with Crippen LogP contribution in [0.25, 0.3) is 0 Å². The van der Waals surface area contributed by atoms with E-state index in [1.54, 1.807) is 0 Å². The normalized spacial score (nSPS) is 22.6. The van der Waals surface area contributed by atoms with Crippen molar-refractivity contribution < 1.29 is 13.2 Å². The van der Waals surface area contributed by atoms with Crippen LogP contribution in [0.15, 0.2) is 65.8 Å². The van der Waals surface area contributed by atoms with Gasteiger partial charge in [-0.2, -0.15) is 5.10 Å². The number of para-hydroxylation sites is 1. The molecule has 0 bridgehead atoms. The van der Waals surface area contributed by atoms with Crippen LogP contribution in [-0.2, 0) is 14.8 Å². The lowest BCUT2D eigenvalue weighted by molar-refractivity contribution is -0.115. The largest absolute Gasteiger partial charge is 0.347 e. The topological polar surface area (TPSA) is 82.1 Å². The van der Waals surface area contributed by atoms with Gasteiger partial charge in [0.25, 0.3) is 5.91 Å². The number of hydrogen-bond donors (Lipinski definition) is 1. The number of nitrogens with one attached hydrogen (secondary N) is 1. The minimum atomic E-state index is -3.26. The third kappa shape index (κ3) is 4.55. The predicted molar refractivity (Wildman–Crippen MR) is 118 cm³/mol. The summed E-state index contributed by atoms with van der Waals surface area (Å²) >= 11 is 0. The first-order valence-corrected chi connectivity index (χ1v) is 12.0. The maximum absolute atomic E-state index is 13.0. The number of nitrogens with zero attached hydrogens (tertiary/aromatic N) is 3. The number of hydrazone groups is 1. The van der Waals surface area contributed by atoms with Gasteiger partial charge in [0.2, 0.25) is 10.0 Å². The summed E-state index contributed by atoms with van der Waals surface area (Å²) in [4.78, 5) is 13.0. The molecule has 1 saturated heterocycles. The second-order valence-corrected chi connectivity index (χ2v) is 9.77. The summed E-state index contributed by atoms with van der Waals surface area (Å²) < 4.78 is 25.1. The lowest BCUT2D eigenvalue weighted by atomic mass is 10.0. The summed E-state index contributed by atoms with van der Waals surface area (Å²) in [6, 6.07) is 19.6. The highest BCUT2D eigenvalue weighted by atomic mass is 32.2. The van der Waals surface area contributed by atoms with Crippen molar-refractivity contribution in [2.45, 2.75) is 31.3 Å². The molecule has 0 saturated carbocycles. The predicted octanol–water partition coefficient (Wildman–Crippen LogP) is 2.53. The van der Waals surface area contributed by atoms with Crippen molar-refractivity contribution in [3.63, 3.8) is 0 Å². The Hall–Kier alpha value is -2.71. The Bertz CT molecular complexity index is 1020. The van der Waals surface area contributed by atoms with Crippen molar-refractivity contribution in [3.05, 3.63) is 66.2 Å². The van der Waals surface area contributed by atoms with Crippen molar-refractivity contribution in [2.75, 3.05) is 24.4 Å². The highest BCUT2D eigenvalue weighted by Crippen LogP contribution is 2.35. The van der Waals surface area contributed by atoms with Gasteiger partial charge in [0, 0.05) is 25.6 Å². The van der Waals surface area contributed by atoms with Gasteiger partial charge in [-0.15, -0.1) is 0 Å². The van der Waals surface area contributed by atoms with Crippen LogP contribution in [0.3, 0.4) is 0 Å². The Morgan fingerprint density at radius 2 is 1.73 bits per heavy atom. The quantitative estimate of drug-likeness (QED) is 0.797. The Morgan fingerprint density at radius 1 is 1.07 bits per heavy atom. The van der Waals surface area contributed by atoms with Crippen LogP contribution in [0.1, 0.15) is 30.9 Å². The van der Waals surface area contributed by atoms with Crippen molar-refractivity contribution >= 4 is 27.3 Å². The summed E-state index contributed by atoms with van der Waals surface area (Å²) in [6.45, 7) is 0.812. The first-order valence-electron chi connectivity index (χ1n) is 10.1. The van der Waals surface area contributed by atoms with Crippen LogP contribution in [-0.4, -0.2) is 49.7 Å². The van der Waals surface area contributed by atoms with E-state index in [-0.39, 0.29) is 18.0 Å². The molecule has 7 nitrogen and oxygen atoms in total. The molecule has 2 aromatic carbocycles. The third-order valence-electron chi connectivity index (χ3n) is 5.57. The van der Waals surface area contributed by atoms with Gasteiger partial charge in [0.1, 0.15) is 5.71 Å². The second kappa shape index (κ2) is 8.57. The van der Waals surface area contributed by atoms with Crippen LogP contribution in [0.2, 0.25) is 0 Å². The molecule has 158 valence electrons. The first-order chi connectivity index (χ1) is 14.4. The molecule has 4 rings (SSSR count). The number of carbonyl (C=O) groups is 1. The number of hydrogen-bond acceptors (Lipinski definition) is 5. The minimum absolute atomic E-state index is 0.0618. The van der Waals surface area contributed by atoms with E-state index in [9.17, 15) is 13.2 Å². The van der Waals surface area contributed by atoms with E-state index in [1.165, 1.54) is 10.6 Å². The minimum Gasteiger partial charge on any atom is -0.347 e. The lowest BCUT2D eigenvalue weighted by Crippen LogP contribution is -2.50. The van der Waals surface area contributed by atoms with Crippen molar-refractivity contribution in [1.29, 1.82) is 0 Å². The lowest BCUT2D eigenvalue weighted by Gasteiger charge is -2.31. The van der Waals surface area contributed by atoms with Crippen molar-refractivity contribution in [2.24, 2.45) is 5.10 Å². The molecule has 2 aliphatic rings. The fourth-order valence-electron chi connectivity index (χ4n) is 4.03. The number of amides is 1. The zero-order valence-corrected chi connectivity index (χ0v) is 17.8. The Labute approximate surface area is 177 Å². The molecule has 2 aromatic rings. The Morgan fingerprint density at radius 3 is 2.40 bits per heavy atom. The molecule has 30 heavy (non-hydrogen) atoms. The number of carbonyl (C=O) groups excluding carboxylic acids is 1. The van der Waals surface area contributed by atoms with Crippen LogP contribution in [0, 0.1) is 0 Å². The van der Waals surface area contributed by atoms with Crippen LogP contribution >= 0.6 is 0 Å². The molecule has 1 N–H and O–H groups in total. The number of anilines is 1. The molecular formula is C22H26N4O3S. The molecular weight excluding hydrogens is 400 g/mol. The maximum atomic E-state index is 13.0. The highest BCUT2D eigenvalue weighted by molar-refractivity contribution is 7.88. The van der Waals surface area contributed by atoms with Crippen molar-refractivity contribution in [3.8, 4) is 0 Å². The summed E-state index contributed by atoms with van der Waals surface area (Å²) in [6.07, 6.45) is 3.19. The number of rotatable bonds is 5. The standard InChI is InChI=1S/C22H26N4O3S/c1-30(28,29)25-14-8-11-18(16-25)23-22(27)20-15-21(17-9-4-2-5-10-17)26(24-20)19-12-6-3-7-13-19/h2-7,9-10,12-13,18,21H,8,11,14-16H2,1H3,(H,23,27). The van der Waals surface area contributed by atoms with Gasteiger partial charge in [-0.25, -0.2) is 12.7 Å². The summed E-state index contributed by atoms with van der Waals surface area (Å²) in [5.74, 6) is -0.227. The molecule has 2 atom stereocenters. The molecule has 2 unspecified atom stereocenters. The van der Waals surface area contributed by atoms with Crippen LogP contribution in [0.4, 0.5) is 5.69 Å². The van der Waals surface area contributed by atoms with Gasteiger partial charge >= 0.3 is 0 Å². The molecule has 0 radical (unpaired) electrons. The zero-order chi connectivity index (χ0) is 21.1. The monoisotopic (exact) mass is 426 g/mol. The zero-order valence-electron chi connectivity index (χ0n) is 16.9. The Balaban J connectivity index is 1.52. The highest BCUT2D eigenvalue weighted by Gasteiger charge is 2.34. The van der Waals surface area contributed by atoms with Gasteiger partial charge < -0.3 is 5.32 Å². The fourth-order valence-corrected chi connectivity index (χ4v) is 4.94. The fraction of sp³-hybridized carbons (Fsp3) is 0.364. The smallest absolute Gasteiger partial charge is 0.267 e. The van der Waals surface area contributed by atoms with E-state index in [0.29, 0.717) is 25.2 Å². The molecule has 8 heteroatoms.